The van der Waals surface area contributed by atoms with Gasteiger partial charge in [0.15, 0.2) is 6.61 Å². The van der Waals surface area contributed by atoms with E-state index >= 15 is 0 Å². The average Bonchev–Trinajstić information content (AvgIpc) is 2.59. The van der Waals surface area contributed by atoms with Crippen molar-refractivity contribution >= 4 is 28.9 Å². The number of carbonyl (C=O) groups is 2. The largest absolute Gasteiger partial charge is 0.452 e. The first kappa shape index (κ1) is 16.9. The van der Waals surface area contributed by atoms with Crippen LogP contribution in [-0.4, -0.2) is 30.5 Å². The number of anilines is 2. The van der Waals surface area contributed by atoms with Crippen molar-refractivity contribution in [1.29, 1.82) is 0 Å². The Kier molecular flexibility index (Phi) is 5.45. The van der Waals surface area contributed by atoms with E-state index in [1.165, 1.54) is 18.2 Å². The van der Waals surface area contributed by atoms with Gasteiger partial charge in [0.05, 0.1) is 10.5 Å². The molecule has 0 bridgehead atoms. The summed E-state index contributed by atoms with van der Waals surface area (Å²) in [6, 6.07) is 12.4. The number of rotatable bonds is 6. The number of amides is 1. The predicted octanol–water partition coefficient (Wildman–Crippen LogP) is 2.43. The Morgan fingerprint density at radius 2 is 1.71 bits per heavy atom. The van der Waals surface area contributed by atoms with Crippen LogP contribution in [0.1, 0.15) is 10.4 Å². The number of ether oxygens (including phenoxy) is 1. The maximum atomic E-state index is 12.0. The first-order chi connectivity index (χ1) is 11.5. The van der Waals surface area contributed by atoms with E-state index in [0.717, 1.165) is 0 Å². The van der Waals surface area contributed by atoms with Crippen molar-refractivity contribution in [1.82, 2.24) is 0 Å². The molecule has 2 aromatic carbocycles. The highest BCUT2D eigenvalue weighted by atomic mass is 16.6. The van der Waals surface area contributed by atoms with Crippen LogP contribution in [-0.2, 0) is 9.53 Å². The van der Waals surface area contributed by atoms with Crippen molar-refractivity contribution in [2.24, 2.45) is 0 Å². The summed E-state index contributed by atoms with van der Waals surface area (Å²) < 4.78 is 4.94. The number of para-hydroxylation sites is 3. The Bertz CT molecular complexity index is 776. The van der Waals surface area contributed by atoms with Crippen molar-refractivity contribution < 1.29 is 19.2 Å². The van der Waals surface area contributed by atoms with Gasteiger partial charge in [-0.25, -0.2) is 4.79 Å². The van der Waals surface area contributed by atoms with Crippen molar-refractivity contribution in [2.45, 2.75) is 0 Å². The van der Waals surface area contributed by atoms with Gasteiger partial charge in [0.2, 0.25) is 0 Å². The third-order valence-electron chi connectivity index (χ3n) is 3.13. The van der Waals surface area contributed by atoms with E-state index in [9.17, 15) is 19.7 Å². The Morgan fingerprint density at radius 3 is 2.38 bits per heavy atom. The van der Waals surface area contributed by atoms with E-state index in [1.807, 2.05) is 0 Å². The lowest BCUT2D eigenvalue weighted by molar-refractivity contribution is -0.383. The van der Waals surface area contributed by atoms with E-state index < -0.39 is 23.4 Å². The minimum Gasteiger partial charge on any atom is -0.452 e. The van der Waals surface area contributed by atoms with Gasteiger partial charge in [0, 0.05) is 18.8 Å². The summed E-state index contributed by atoms with van der Waals surface area (Å²) >= 11 is 0. The van der Waals surface area contributed by atoms with Gasteiger partial charge >= 0.3 is 5.97 Å². The third kappa shape index (κ3) is 4.07. The number of hydrogen-bond acceptors (Lipinski definition) is 6. The van der Waals surface area contributed by atoms with Gasteiger partial charge in [0.25, 0.3) is 11.6 Å². The molecule has 8 nitrogen and oxygen atoms in total. The SMILES string of the molecule is CNc1ccccc1C(=O)OCC(=O)Nc1ccccc1[N+](=O)[O-]. The van der Waals surface area contributed by atoms with Crippen LogP contribution < -0.4 is 10.6 Å². The minimum absolute atomic E-state index is 0.0409. The smallest absolute Gasteiger partial charge is 0.340 e. The molecule has 2 aromatic rings. The van der Waals surface area contributed by atoms with Crippen LogP contribution in [0, 0.1) is 10.1 Å². The maximum Gasteiger partial charge on any atom is 0.340 e. The van der Waals surface area contributed by atoms with Gasteiger partial charge < -0.3 is 15.4 Å². The Hall–Kier alpha value is -3.42. The zero-order valence-corrected chi connectivity index (χ0v) is 12.8. The lowest BCUT2D eigenvalue weighted by Crippen LogP contribution is -2.21. The summed E-state index contributed by atoms with van der Waals surface area (Å²) in [5, 5.41) is 16.1. The number of nitro groups is 1. The minimum atomic E-state index is -0.669. The van der Waals surface area contributed by atoms with Crippen LogP contribution in [0.4, 0.5) is 17.1 Å². The predicted molar refractivity (Wildman–Crippen MR) is 88.0 cm³/mol. The summed E-state index contributed by atoms with van der Waals surface area (Å²) in [5.41, 5.74) is 0.664. The summed E-state index contributed by atoms with van der Waals surface area (Å²) in [6.45, 7) is -0.553. The second-order valence-corrected chi connectivity index (χ2v) is 4.69. The molecular formula is C16H15N3O5. The van der Waals surface area contributed by atoms with Crippen LogP contribution in [0.5, 0.6) is 0 Å². The molecular weight excluding hydrogens is 314 g/mol. The molecule has 0 fully saturated rings. The lowest BCUT2D eigenvalue weighted by atomic mass is 10.2. The van der Waals surface area contributed by atoms with Crippen LogP contribution in [0.15, 0.2) is 48.5 Å². The summed E-state index contributed by atoms with van der Waals surface area (Å²) in [4.78, 5) is 34.1. The first-order valence-electron chi connectivity index (χ1n) is 7.00. The molecule has 0 aliphatic carbocycles. The van der Waals surface area contributed by atoms with Gasteiger partial charge in [-0.3, -0.25) is 14.9 Å². The number of nitro benzene ring substituents is 1. The molecule has 2 rings (SSSR count). The van der Waals surface area contributed by atoms with Gasteiger partial charge in [0.1, 0.15) is 5.69 Å². The van der Waals surface area contributed by atoms with Gasteiger partial charge in [-0.2, -0.15) is 0 Å². The molecule has 0 saturated carbocycles. The molecule has 0 aromatic heterocycles. The maximum absolute atomic E-state index is 12.0. The molecule has 24 heavy (non-hydrogen) atoms. The standard InChI is InChI=1S/C16H15N3O5/c1-17-12-7-3-2-6-11(12)16(21)24-10-15(20)18-13-8-4-5-9-14(13)19(22)23/h2-9,17H,10H2,1H3,(H,18,20). The number of nitrogens with zero attached hydrogens (tertiary/aromatic N) is 1. The Balaban J connectivity index is 1.99. The Morgan fingerprint density at radius 1 is 1.08 bits per heavy atom. The third-order valence-corrected chi connectivity index (χ3v) is 3.13. The molecule has 0 saturated heterocycles. The fraction of sp³-hybridized carbons (Fsp3) is 0.125. The lowest BCUT2D eigenvalue weighted by Gasteiger charge is -2.09. The number of benzene rings is 2. The second-order valence-electron chi connectivity index (χ2n) is 4.69. The van der Waals surface area contributed by atoms with Crippen LogP contribution in [0.2, 0.25) is 0 Å². The molecule has 0 spiro atoms. The van der Waals surface area contributed by atoms with Crippen LogP contribution >= 0.6 is 0 Å². The quantitative estimate of drug-likeness (QED) is 0.478. The monoisotopic (exact) mass is 329 g/mol. The van der Waals surface area contributed by atoms with Gasteiger partial charge in [-0.1, -0.05) is 24.3 Å². The van der Waals surface area contributed by atoms with E-state index in [1.54, 1.807) is 37.4 Å². The van der Waals surface area contributed by atoms with E-state index in [0.29, 0.717) is 11.3 Å². The van der Waals surface area contributed by atoms with Crippen LogP contribution in [0.3, 0.4) is 0 Å². The van der Waals surface area contributed by atoms with E-state index in [-0.39, 0.29) is 11.4 Å². The summed E-state index contributed by atoms with van der Waals surface area (Å²) in [7, 11) is 1.66. The van der Waals surface area contributed by atoms with Crippen molar-refractivity contribution in [3.05, 3.63) is 64.2 Å². The fourth-order valence-electron chi connectivity index (χ4n) is 2.01. The molecule has 0 atom stereocenters. The molecule has 0 aliphatic rings. The van der Waals surface area contributed by atoms with Gasteiger partial charge in [-0.05, 0) is 18.2 Å². The average molecular weight is 329 g/mol. The number of nitrogens with one attached hydrogen (secondary N) is 2. The zero-order valence-electron chi connectivity index (χ0n) is 12.8. The highest BCUT2D eigenvalue weighted by molar-refractivity contribution is 5.99. The summed E-state index contributed by atoms with van der Waals surface area (Å²) in [5.74, 6) is -1.34. The normalized spacial score (nSPS) is 9.88. The van der Waals surface area contributed by atoms with Crippen molar-refractivity contribution in [3.8, 4) is 0 Å². The Labute approximate surface area is 137 Å². The topological polar surface area (TPSA) is 111 Å². The first-order valence-corrected chi connectivity index (χ1v) is 7.00. The molecule has 0 unspecified atom stereocenters. The second kappa shape index (κ2) is 7.73. The highest BCUT2D eigenvalue weighted by Crippen LogP contribution is 2.23. The van der Waals surface area contributed by atoms with Gasteiger partial charge in [-0.15, -0.1) is 0 Å². The molecule has 0 aliphatic heterocycles. The fourth-order valence-corrected chi connectivity index (χ4v) is 2.01. The van der Waals surface area contributed by atoms with E-state index in [2.05, 4.69) is 10.6 Å². The van der Waals surface area contributed by atoms with Crippen molar-refractivity contribution in [3.63, 3.8) is 0 Å². The van der Waals surface area contributed by atoms with Crippen molar-refractivity contribution in [2.75, 3.05) is 24.3 Å². The zero-order chi connectivity index (χ0) is 17.5. The molecule has 8 heteroatoms. The molecule has 0 radical (unpaired) electrons. The van der Waals surface area contributed by atoms with Crippen LogP contribution in [0.25, 0.3) is 0 Å². The highest BCUT2D eigenvalue weighted by Gasteiger charge is 2.17. The summed E-state index contributed by atoms with van der Waals surface area (Å²) in [6.07, 6.45) is 0. The number of esters is 1. The molecule has 2 N–H and O–H groups in total. The molecule has 1 amide bonds. The molecule has 124 valence electrons. The van der Waals surface area contributed by atoms with E-state index in [4.69, 9.17) is 4.74 Å². The number of carbonyl (C=O) groups excluding carboxylic acids is 2. The number of hydrogen-bond donors (Lipinski definition) is 2. The molecule has 0 heterocycles.